The van der Waals surface area contributed by atoms with E-state index in [2.05, 4.69) is 9.72 Å². The van der Waals surface area contributed by atoms with Gasteiger partial charge in [-0.15, -0.1) is 0 Å². The van der Waals surface area contributed by atoms with Crippen molar-refractivity contribution >= 4 is 5.97 Å². The van der Waals surface area contributed by atoms with Gasteiger partial charge in [-0.05, 0) is 37.8 Å². The summed E-state index contributed by atoms with van der Waals surface area (Å²) >= 11 is 0. The molecular weight excluding hydrogens is 256 g/mol. The van der Waals surface area contributed by atoms with Gasteiger partial charge in [-0.2, -0.15) is 0 Å². The maximum absolute atomic E-state index is 11.8. The Labute approximate surface area is 117 Å². The molecule has 0 aliphatic heterocycles. The Bertz CT molecular complexity index is 627. The Kier molecular flexibility index (Phi) is 3.34. The van der Waals surface area contributed by atoms with Crippen molar-refractivity contribution in [2.24, 2.45) is 0 Å². The lowest BCUT2D eigenvalue weighted by Gasteiger charge is -2.22. The third-order valence-corrected chi connectivity index (χ3v) is 3.89. The van der Waals surface area contributed by atoms with Crippen LogP contribution in [-0.4, -0.2) is 22.8 Å². The van der Waals surface area contributed by atoms with Gasteiger partial charge >= 0.3 is 5.97 Å². The number of fused-ring (bicyclic) bond motifs is 1. The number of carbonyl (C=O) groups excluding carboxylic acids is 1. The SMILES string of the molecule is COC(=O)C1CCCc2c1ccn2Cc1cc(C)on1. The standard InChI is InChI=1S/C15H18N2O3/c1-10-8-11(16-20-10)9-17-7-6-12-13(15(18)19-2)4-3-5-14(12)17/h6-8,13H,3-5,9H2,1-2H3. The third-order valence-electron chi connectivity index (χ3n) is 3.89. The number of hydrogen-bond donors (Lipinski definition) is 0. The van der Waals surface area contributed by atoms with E-state index in [4.69, 9.17) is 9.26 Å². The van der Waals surface area contributed by atoms with Crippen molar-refractivity contribution in [3.63, 3.8) is 0 Å². The molecule has 5 heteroatoms. The number of methoxy groups -OCH3 is 1. The molecule has 0 N–H and O–H groups in total. The Morgan fingerprint density at radius 2 is 2.45 bits per heavy atom. The molecule has 0 radical (unpaired) electrons. The molecule has 3 rings (SSSR count). The predicted molar refractivity (Wildman–Crippen MR) is 72.5 cm³/mol. The molecule has 2 heterocycles. The fraction of sp³-hybridized carbons (Fsp3) is 0.467. The number of carbonyl (C=O) groups is 1. The van der Waals surface area contributed by atoms with Crippen LogP contribution in [-0.2, 0) is 22.5 Å². The van der Waals surface area contributed by atoms with Crippen molar-refractivity contribution < 1.29 is 14.1 Å². The lowest BCUT2D eigenvalue weighted by molar-refractivity contribution is -0.142. The Morgan fingerprint density at radius 3 is 3.15 bits per heavy atom. The van der Waals surface area contributed by atoms with E-state index in [-0.39, 0.29) is 11.9 Å². The van der Waals surface area contributed by atoms with Crippen LogP contribution in [0.15, 0.2) is 22.9 Å². The normalized spacial score (nSPS) is 17.8. The highest BCUT2D eigenvalue weighted by Crippen LogP contribution is 2.33. The van der Waals surface area contributed by atoms with Crippen LogP contribution in [0.3, 0.4) is 0 Å². The van der Waals surface area contributed by atoms with Crippen LogP contribution >= 0.6 is 0 Å². The minimum atomic E-state index is -0.138. The average molecular weight is 274 g/mol. The number of ether oxygens (including phenoxy) is 1. The second kappa shape index (κ2) is 5.15. The molecule has 0 bridgehead atoms. The summed E-state index contributed by atoms with van der Waals surface area (Å²) in [6.07, 6.45) is 4.89. The van der Waals surface area contributed by atoms with E-state index in [9.17, 15) is 4.79 Å². The molecule has 1 atom stereocenters. The zero-order valence-electron chi connectivity index (χ0n) is 11.8. The zero-order chi connectivity index (χ0) is 14.1. The molecule has 1 aliphatic carbocycles. The molecule has 0 saturated carbocycles. The van der Waals surface area contributed by atoms with Gasteiger partial charge < -0.3 is 13.8 Å². The molecule has 2 aromatic rings. The monoisotopic (exact) mass is 274 g/mol. The van der Waals surface area contributed by atoms with E-state index in [0.717, 1.165) is 36.3 Å². The van der Waals surface area contributed by atoms with Crippen LogP contribution in [0, 0.1) is 6.92 Å². The summed E-state index contributed by atoms with van der Waals surface area (Å²) in [7, 11) is 1.45. The highest BCUT2D eigenvalue weighted by Gasteiger charge is 2.29. The fourth-order valence-corrected chi connectivity index (χ4v) is 2.96. The van der Waals surface area contributed by atoms with Gasteiger partial charge in [0.2, 0.25) is 0 Å². The molecular formula is C15H18N2O3. The van der Waals surface area contributed by atoms with Gasteiger partial charge in [0, 0.05) is 18.0 Å². The Hall–Kier alpha value is -2.04. The van der Waals surface area contributed by atoms with Gasteiger partial charge in [0.15, 0.2) is 0 Å². The van der Waals surface area contributed by atoms with Crippen LogP contribution in [0.2, 0.25) is 0 Å². The topological polar surface area (TPSA) is 57.3 Å². The minimum Gasteiger partial charge on any atom is -0.469 e. The largest absolute Gasteiger partial charge is 0.469 e. The zero-order valence-corrected chi connectivity index (χ0v) is 11.8. The lowest BCUT2D eigenvalue weighted by Crippen LogP contribution is -2.20. The average Bonchev–Trinajstić information content (AvgIpc) is 3.05. The van der Waals surface area contributed by atoms with Gasteiger partial charge in [0.05, 0.1) is 19.6 Å². The Balaban J connectivity index is 1.88. The van der Waals surface area contributed by atoms with E-state index < -0.39 is 0 Å². The van der Waals surface area contributed by atoms with Crippen LogP contribution in [0.25, 0.3) is 0 Å². The van der Waals surface area contributed by atoms with E-state index in [1.807, 2.05) is 25.3 Å². The van der Waals surface area contributed by atoms with Crippen LogP contribution in [0.1, 0.15) is 41.5 Å². The number of aromatic nitrogens is 2. The first kappa shape index (κ1) is 13.0. The van der Waals surface area contributed by atoms with E-state index in [0.29, 0.717) is 6.54 Å². The van der Waals surface area contributed by atoms with Gasteiger partial charge in [-0.25, -0.2) is 0 Å². The number of nitrogens with zero attached hydrogens (tertiary/aromatic N) is 2. The molecule has 5 nitrogen and oxygen atoms in total. The number of aryl methyl sites for hydroxylation is 1. The number of esters is 1. The lowest BCUT2D eigenvalue weighted by atomic mass is 9.87. The molecule has 0 saturated heterocycles. The van der Waals surface area contributed by atoms with Crippen LogP contribution < -0.4 is 0 Å². The van der Waals surface area contributed by atoms with E-state index >= 15 is 0 Å². The van der Waals surface area contributed by atoms with Crippen molar-refractivity contribution in [3.8, 4) is 0 Å². The van der Waals surface area contributed by atoms with Gasteiger partial charge in [0.1, 0.15) is 11.5 Å². The van der Waals surface area contributed by atoms with Crippen molar-refractivity contribution in [2.45, 2.75) is 38.6 Å². The predicted octanol–water partition coefficient (Wildman–Crippen LogP) is 2.43. The molecule has 0 aromatic carbocycles. The number of hydrogen-bond acceptors (Lipinski definition) is 4. The fourth-order valence-electron chi connectivity index (χ4n) is 2.96. The van der Waals surface area contributed by atoms with E-state index in [1.54, 1.807) is 0 Å². The van der Waals surface area contributed by atoms with Gasteiger partial charge in [-0.3, -0.25) is 4.79 Å². The highest BCUT2D eigenvalue weighted by atomic mass is 16.5. The maximum Gasteiger partial charge on any atom is 0.313 e. The Morgan fingerprint density at radius 1 is 1.60 bits per heavy atom. The number of rotatable bonds is 3. The summed E-state index contributed by atoms with van der Waals surface area (Å²) in [5.41, 5.74) is 3.22. The van der Waals surface area contributed by atoms with Crippen LogP contribution in [0.5, 0.6) is 0 Å². The highest BCUT2D eigenvalue weighted by molar-refractivity contribution is 5.78. The summed E-state index contributed by atoms with van der Waals surface area (Å²) in [5, 5.41) is 4.02. The van der Waals surface area contributed by atoms with Crippen molar-refractivity contribution in [1.29, 1.82) is 0 Å². The summed E-state index contributed by atoms with van der Waals surface area (Å²) < 4.78 is 12.2. The summed E-state index contributed by atoms with van der Waals surface area (Å²) in [6, 6.07) is 3.97. The molecule has 1 aliphatic rings. The second-order valence-electron chi connectivity index (χ2n) is 5.24. The first-order valence-electron chi connectivity index (χ1n) is 6.87. The molecule has 1 unspecified atom stereocenters. The van der Waals surface area contributed by atoms with Crippen molar-refractivity contribution in [1.82, 2.24) is 9.72 Å². The van der Waals surface area contributed by atoms with Gasteiger partial charge in [-0.1, -0.05) is 5.16 Å². The molecule has 0 fully saturated rings. The quantitative estimate of drug-likeness (QED) is 0.807. The molecule has 0 spiro atoms. The summed E-state index contributed by atoms with van der Waals surface area (Å²) in [6.45, 7) is 2.56. The molecule has 106 valence electrons. The van der Waals surface area contributed by atoms with E-state index in [1.165, 1.54) is 12.8 Å². The first-order valence-corrected chi connectivity index (χ1v) is 6.87. The summed E-state index contributed by atoms with van der Waals surface area (Å²) in [4.78, 5) is 11.8. The van der Waals surface area contributed by atoms with Gasteiger partial charge in [0.25, 0.3) is 0 Å². The summed E-state index contributed by atoms with van der Waals surface area (Å²) in [5.74, 6) is 0.554. The third kappa shape index (κ3) is 2.24. The molecule has 0 amide bonds. The molecule has 2 aromatic heterocycles. The first-order chi connectivity index (χ1) is 9.69. The van der Waals surface area contributed by atoms with Crippen molar-refractivity contribution in [3.05, 3.63) is 41.0 Å². The maximum atomic E-state index is 11.8. The van der Waals surface area contributed by atoms with Crippen molar-refractivity contribution in [2.75, 3.05) is 7.11 Å². The minimum absolute atomic E-state index is 0.121. The second-order valence-corrected chi connectivity index (χ2v) is 5.24. The molecule has 20 heavy (non-hydrogen) atoms. The smallest absolute Gasteiger partial charge is 0.313 e. The van der Waals surface area contributed by atoms with Crippen LogP contribution in [0.4, 0.5) is 0 Å².